The second-order valence-corrected chi connectivity index (χ2v) is 8.04. The fourth-order valence-corrected chi connectivity index (χ4v) is 3.88. The molecule has 0 amide bonds. The number of ether oxygens (including phenoxy) is 1. The van der Waals surface area contributed by atoms with E-state index in [1.807, 2.05) is 13.0 Å². The molecule has 1 aromatic carbocycles. The van der Waals surface area contributed by atoms with Crippen molar-refractivity contribution in [3.63, 3.8) is 0 Å². The third-order valence-corrected chi connectivity index (χ3v) is 5.60. The van der Waals surface area contributed by atoms with E-state index in [-0.39, 0.29) is 12.2 Å². The minimum Gasteiger partial charge on any atom is -0.460 e. The lowest BCUT2D eigenvalue weighted by Crippen LogP contribution is -2.30. The van der Waals surface area contributed by atoms with Crippen LogP contribution in [0.4, 0.5) is 23.1 Å². The molecule has 0 saturated heterocycles. The summed E-state index contributed by atoms with van der Waals surface area (Å²) in [5, 5.41) is 15.4. The fraction of sp³-hybridized carbons (Fsp3) is 0.318. The lowest BCUT2D eigenvalue weighted by Gasteiger charge is -2.21. The molecule has 10 nitrogen and oxygen atoms in total. The number of carbonyl (C=O) groups excluding carboxylic acids is 1. The normalized spacial score (nSPS) is 13.0. The molecular weight excluding hydrogens is 446 g/mol. The zero-order valence-electron chi connectivity index (χ0n) is 18.5. The third kappa shape index (κ3) is 4.21. The predicted octanol–water partition coefficient (Wildman–Crippen LogP) is 3.52. The number of anilines is 4. The molecule has 172 valence electrons. The largest absolute Gasteiger partial charge is 0.460 e. The van der Waals surface area contributed by atoms with E-state index in [2.05, 4.69) is 20.6 Å². The number of fused-ring (bicyclic) bond motifs is 3. The standard InChI is InChI=1S/C22H24ClN7O3/c1-4-8-30(12(2)24)22-26-11-15(23)19(28-22)27-13-5-6-16-14(10-13)18-17(20(31)29(16)3)21(32)33-9-7-25-18/h5-6,10-11,24-25H,4,7-9H2,1-3H3,(H,26,27,28). The molecule has 0 spiro atoms. The number of nitrogens with one attached hydrogen (secondary N) is 3. The summed E-state index contributed by atoms with van der Waals surface area (Å²) in [6.07, 6.45) is 2.32. The molecule has 2 aromatic heterocycles. The van der Waals surface area contributed by atoms with Crippen LogP contribution in [0.15, 0.2) is 29.2 Å². The van der Waals surface area contributed by atoms with Crippen LogP contribution in [-0.4, -0.2) is 46.0 Å². The summed E-state index contributed by atoms with van der Waals surface area (Å²) in [4.78, 5) is 35.7. The molecule has 0 fully saturated rings. The van der Waals surface area contributed by atoms with Crippen molar-refractivity contribution in [2.75, 3.05) is 35.2 Å². The lowest BCUT2D eigenvalue weighted by atomic mass is 10.1. The molecule has 0 bridgehead atoms. The van der Waals surface area contributed by atoms with Gasteiger partial charge in [0.1, 0.15) is 17.2 Å². The van der Waals surface area contributed by atoms with E-state index in [9.17, 15) is 9.59 Å². The number of benzene rings is 1. The van der Waals surface area contributed by atoms with Crippen LogP contribution in [-0.2, 0) is 11.8 Å². The molecule has 0 unspecified atom stereocenters. The molecule has 3 heterocycles. The predicted molar refractivity (Wildman–Crippen MR) is 129 cm³/mol. The van der Waals surface area contributed by atoms with Gasteiger partial charge in [-0.3, -0.25) is 15.1 Å². The number of pyridine rings is 1. The van der Waals surface area contributed by atoms with E-state index < -0.39 is 11.5 Å². The van der Waals surface area contributed by atoms with Crippen LogP contribution in [0.5, 0.6) is 0 Å². The first kappa shape index (κ1) is 22.5. The molecule has 33 heavy (non-hydrogen) atoms. The molecule has 3 N–H and O–H groups in total. The zero-order chi connectivity index (χ0) is 23.7. The quantitative estimate of drug-likeness (QED) is 0.294. The van der Waals surface area contributed by atoms with Crippen LogP contribution < -0.4 is 21.1 Å². The third-order valence-electron chi connectivity index (χ3n) is 5.32. The SMILES string of the molecule is CCCN(C(C)=N)c1ncc(Cl)c(Nc2ccc3c(c2)c2c(c(=O)n3C)C(=O)OCCN2)n1. The van der Waals surface area contributed by atoms with E-state index in [0.29, 0.717) is 58.0 Å². The van der Waals surface area contributed by atoms with Crippen LogP contribution in [0.1, 0.15) is 30.6 Å². The summed E-state index contributed by atoms with van der Waals surface area (Å²) in [7, 11) is 1.62. The van der Waals surface area contributed by atoms with Crippen molar-refractivity contribution >= 4 is 57.4 Å². The van der Waals surface area contributed by atoms with Crippen molar-refractivity contribution in [2.45, 2.75) is 20.3 Å². The van der Waals surface area contributed by atoms with Gasteiger partial charge in [-0.1, -0.05) is 18.5 Å². The van der Waals surface area contributed by atoms with Crippen molar-refractivity contribution in [1.29, 1.82) is 5.41 Å². The lowest BCUT2D eigenvalue weighted by molar-refractivity contribution is 0.0527. The maximum absolute atomic E-state index is 12.8. The summed E-state index contributed by atoms with van der Waals surface area (Å²) in [5.74, 6) is 0.444. The molecule has 4 rings (SSSR count). The van der Waals surface area contributed by atoms with Gasteiger partial charge in [0, 0.05) is 31.2 Å². The number of rotatable bonds is 5. The van der Waals surface area contributed by atoms with Crippen molar-refractivity contribution in [3.05, 3.63) is 45.3 Å². The molecule has 0 atom stereocenters. The Morgan fingerprint density at radius 3 is 2.91 bits per heavy atom. The zero-order valence-corrected chi connectivity index (χ0v) is 19.3. The summed E-state index contributed by atoms with van der Waals surface area (Å²) in [6, 6.07) is 5.41. The molecule has 0 saturated carbocycles. The second-order valence-electron chi connectivity index (χ2n) is 7.64. The number of hydrogen-bond donors (Lipinski definition) is 3. The van der Waals surface area contributed by atoms with Gasteiger partial charge in [0.05, 0.1) is 23.2 Å². The highest BCUT2D eigenvalue weighted by molar-refractivity contribution is 6.33. The fourth-order valence-electron chi connectivity index (χ4n) is 3.74. The highest BCUT2D eigenvalue weighted by atomic mass is 35.5. The molecular formula is C22H24ClN7O3. The Bertz CT molecular complexity index is 1320. The summed E-state index contributed by atoms with van der Waals surface area (Å²) < 4.78 is 6.57. The molecule has 0 aliphatic carbocycles. The maximum atomic E-state index is 12.8. The van der Waals surface area contributed by atoms with Crippen LogP contribution >= 0.6 is 11.6 Å². The minimum atomic E-state index is -0.641. The monoisotopic (exact) mass is 469 g/mol. The van der Waals surface area contributed by atoms with E-state index in [4.69, 9.17) is 21.7 Å². The van der Waals surface area contributed by atoms with Crippen LogP contribution in [0.25, 0.3) is 10.9 Å². The van der Waals surface area contributed by atoms with Crippen molar-refractivity contribution < 1.29 is 9.53 Å². The number of nitrogens with zero attached hydrogens (tertiary/aromatic N) is 4. The highest BCUT2D eigenvalue weighted by Gasteiger charge is 2.25. The number of esters is 1. The van der Waals surface area contributed by atoms with Gasteiger partial charge in [-0.2, -0.15) is 4.98 Å². The maximum Gasteiger partial charge on any atom is 0.346 e. The Kier molecular flexibility index (Phi) is 6.19. The van der Waals surface area contributed by atoms with E-state index in [0.717, 1.165) is 6.42 Å². The van der Waals surface area contributed by atoms with Gasteiger partial charge in [0.2, 0.25) is 5.95 Å². The Balaban J connectivity index is 1.79. The molecule has 3 aromatic rings. The molecule has 1 aliphatic rings. The number of halogens is 1. The van der Waals surface area contributed by atoms with Gasteiger partial charge < -0.3 is 19.9 Å². The van der Waals surface area contributed by atoms with Crippen LogP contribution in [0.3, 0.4) is 0 Å². The number of amidine groups is 1. The Hall–Kier alpha value is -3.66. The molecule has 0 radical (unpaired) electrons. The van der Waals surface area contributed by atoms with Gasteiger partial charge >= 0.3 is 5.97 Å². The summed E-state index contributed by atoms with van der Waals surface area (Å²) >= 11 is 6.35. The topological polar surface area (TPSA) is 125 Å². The van der Waals surface area contributed by atoms with Gasteiger partial charge in [-0.25, -0.2) is 9.78 Å². The highest BCUT2D eigenvalue weighted by Crippen LogP contribution is 2.31. The van der Waals surface area contributed by atoms with Crippen molar-refractivity contribution in [1.82, 2.24) is 14.5 Å². The number of carbonyl (C=O) groups is 1. The van der Waals surface area contributed by atoms with Gasteiger partial charge in [-0.05, 0) is 31.5 Å². The van der Waals surface area contributed by atoms with Gasteiger partial charge in [0.15, 0.2) is 5.82 Å². The number of aryl methyl sites for hydroxylation is 1. The number of hydrogen-bond acceptors (Lipinski definition) is 8. The second kappa shape index (κ2) is 9.07. The first-order chi connectivity index (χ1) is 15.8. The van der Waals surface area contributed by atoms with Crippen LogP contribution in [0.2, 0.25) is 5.02 Å². The van der Waals surface area contributed by atoms with Gasteiger partial charge in [-0.15, -0.1) is 0 Å². The first-order valence-electron chi connectivity index (χ1n) is 10.5. The smallest absolute Gasteiger partial charge is 0.346 e. The Morgan fingerprint density at radius 1 is 1.39 bits per heavy atom. The van der Waals surface area contributed by atoms with Crippen molar-refractivity contribution in [3.8, 4) is 0 Å². The molecule has 1 aliphatic heterocycles. The average molecular weight is 470 g/mol. The summed E-state index contributed by atoms with van der Waals surface area (Å²) in [6.45, 7) is 4.87. The van der Waals surface area contributed by atoms with E-state index in [1.54, 1.807) is 31.0 Å². The van der Waals surface area contributed by atoms with E-state index in [1.165, 1.54) is 10.8 Å². The Morgan fingerprint density at radius 2 is 2.18 bits per heavy atom. The number of aromatic nitrogens is 3. The molecule has 11 heteroatoms. The van der Waals surface area contributed by atoms with E-state index >= 15 is 0 Å². The van der Waals surface area contributed by atoms with Gasteiger partial charge in [0.25, 0.3) is 5.56 Å². The minimum absolute atomic E-state index is 0.0151. The van der Waals surface area contributed by atoms with Crippen molar-refractivity contribution in [2.24, 2.45) is 7.05 Å². The Labute approximate surface area is 195 Å². The van der Waals surface area contributed by atoms with Crippen LogP contribution in [0, 0.1) is 5.41 Å². The number of cyclic esters (lactones) is 1. The average Bonchev–Trinajstić information content (AvgIpc) is 2.99. The summed E-state index contributed by atoms with van der Waals surface area (Å²) in [5.41, 5.74) is 1.33. The first-order valence-corrected chi connectivity index (χ1v) is 10.9.